The lowest BCUT2D eigenvalue weighted by Crippen LogP contribution is -2.39. The fraction of sp³-hybridized carbons (Fsp3) is 0.667. The Labute approximate surface area is 154 Å². The van der Waals surface area contributed by atoms with Crippen LogP contribution in [0.5, 0.6) is 11.5 Å². The summed E-state index contributed by atoms with van der Waals surface area (Å²) in [6.07, 6.45) is 7.64. The third kappa shape index (κ3) is 3.67. The number of hydrogen-bond acceptors (Lipinski definition) is 4. The zero-order valence-corrected chi connectivity index (χ0v) is 15.9. The van der Waals surface area contributed by atoms with Crippen molar-refractivity contribution in [1.82, 2.24) is 0 Å². The maximum absolute atomic E-state index is 14.8. The molecule has 26 heavy (non-hydrogen) atoms. The largest absolute Gasteiger partial charge is 0.545 e. The van der Waals surface area contributed by atoms with Crippen LogP contribution in [-0.2, 0) is 0 Å². The number of carboxylic acids is 1. The highest BCUT2D eigenvalue weighted by Crippen LogP contribution is 2.45. The molecule has 0 saturated heterocycles. The first-order chi connectivity index (χ1) is 12.2. The quantitative estimate of drug-likeness (QED) is 0.758. The second-order valence-corrected chi connectivity index (χ2v) is 8.36. The van der Waals surface area contributed by atoms with E-state index in [4.69, 9.17) is 9.47 Å². The third-order valence-corrected chi connectivity index (χ3v) is 6.07. The minimum atomic E-state index is -1.42. The highest BCUT2D eigenvalue weighted by atomic mass is 19.1. The monoisotopic (exact) mass is 363 g/mol. The van der Waals surface area contributed by atoms with Crippen molar-refractivity contribution in [2.45, 2.75) is 83.3 Å². The number of carbonyl (C=O) groups is 1. The van der Waals surface area contributed by atoms with Gasteiger partial charge in [-0.05, 0) is 76.3 Å². The van der Waals surface area contributed by atoms with Gasteiger partial charge in [0, 0.05) is 5.56 Å². The molecule has 0 amide bonds. The van der Waals surface area contributed by atoms with E-state index < -0.39 is 23.0 Å². The van der Waals surface area contributed by atoms with Gasteiger partial charge in [-0.1, -0.05) is 13.8 Å². The van der Waals surface area contributed by atoms with Crippen LogP contribution < -0.4 is 14.6 Å². The van der Waals surface area contributed by atoms with Gasteiger partial charge in [0.05, 0.1) is 5.97 Å². The van der Waals surface area contributed by atoms with Crippen molar-refractivity contribution in [3.63, 3.8) is 0 Å². The van der Waals surface area contributed by atoms with E-state index in [2.05, 4.69) is 13.8 Å². The molecule has 0 N–H and O–H groups in total. The molecule has 2 aliphatic carbocycles. The van der Waals surface area contributed by atoms with E-state index in [1.165, 1.54) is 6.07 Å². The molecule has 0 radical (unpaired) electrons. The first kappa shape index (κ1) is 19.0. The van der Waals surface area contributed by atoms with Crippen molar-refractivity contribution < 1.29 is 23.8 Å². The summed E-state index contributed by atoms with van der Waals surface area (Å²) in [7, 11) is 0. The summed E-state index contributed by atoms with van der Waals surface area (Å²) in [4.78, 5) is 11.3. The minimum absolute atomic E-state index is 0.0336. The van der Waals surface area contributed by atoms with Crippen molar-refractivity contribution in [3.8, 4) is 11.5 Å². The molecule has 0 aliphatic heterocycles. The zero-order chi connectivity index (χ0) is 18.9. The highest BCUT2D eigenvalue weighted by molar-refractivity contribution is 5.86. The fourth-order valence-electron chi connectivity index (χ4n) is 4.32. The average Bonchev–Trinajstić information content (AvgIpc) is 3.21. The molecule has 2 aliphatic rings. The number of ether oxygens (including phenoxy) is 2. The predicted molar refractivity (Wildman–Crippen MR) is 94.9 cm³/mol. The number of hydrogen-bond donors (Lipinski definition) is 0. The SMILES string of the molecule is CC(C)C1(Oc2cc(C(=O)[O-])cc(F)c2OC2(C)CCCC2)CCCC1. The Kier molecular flexibility index (Phi) is 5.18. The summed E-state index contributed by atoms with van der Waals surface area (Å²) in [5, 5.41) is 11.3. The van der Waals surface area contributed by atoms with Crippen LogP contribution in [0.25, 0.3) is 0 Å². The highest BCUT2D eigenvalue weighted by Gasteiger charge is 2.41. The number of aromatic carboxylic acids is 1. The average molecular weight is 363 g/mol. The van der Waals surface area contributed by atoms with Crippen molar-refractivity contribution in [2.75, 3.05) is 0 Å². The van der Waals surface area contributed by atoms with E-state index in [9.17, 15) is 14.3 Å². The molecular weight excluding hydrogens is 335 g/mol. The summed E-state index contributed by atoms with van der Waals surface area (Å²) < 4.78 is 27.2. The molecular formula is C21H28FO4-. The lowest BCUT2D eigenvalue weighted by Gasteiger charge is -2.36. The number of carboxylic acid groups (broad SMARTS) is 1. The van der Waals surface area contributed by atoms with Gasteiger partial charge in [-0.2, -0.15) is 0 Å². The van der Waals surface area contributed by atoms with Gasteiger partial charge in [0.2, 0.25) is 0 Å². The number of carbonyl (C=O) groups excluding carboxylic acids is 1. The van der Waals surface area contributed by atoms with Crippen LogP contribution in [0.15, 0.2) is 12.1 Å². The van der Waals surface area contributed by atoms with Crippen LogP contribution in [0.4, 0.5) is 4.39 Å². The van der Waals surface area contributed by atoms with Gasteiger partial charge in [0.15, 0.2) is 17.3 Å². The van der Waals surface area contributed by atoms with Crippen molar-refractivity contribution in [3.05, 3.63) is 23.5 Å². The molecule has 0 unspecified atom stereocenters. The van der Waals surface area contributed by atoms with Gasteiger partial charge in [-0.3, -0.25) is 0 Å². The first-order valence-corrected chi connectivity index (χ1v) is 9.68. The minimum Gasteiger partial charge on any atom is -0.545 e. The molecule has 2 fully saturated rings. The molecule has 1 aromatic carbocycles. The number of benzene rings is 1. The summed E-state index contributed by atoms with van der Waals surface area (Å²) in [5.74, 6) is -1.67. The number of halogens is 1. The van der Waals surface area contributed by atoms with Crippen LogP contribution in [0, 0.1) is 11.7 Å². The summed E-state index contributed by atoms with van der Waals surface area (Å²) in [6, 6.07) is 2.32. The van der Waals surface area contributed by atoms with E-state index in [-0.39, 0.29) is 23.0 Å². The summed E-state index contributed by atoms with van der Waals surface area (Å²) >= 11 is 0. The zero-order valence-electron chi connectivity index (χ0n) is 15.9. The van der Waals surface area contributed by atoms with Crippen molar-refractivity contribution in [2.24, 2.45) is 5.92 Å². The van der Waals surface area contributed by atoms with Crippen LogP contribution in [0.2, 0.25) is 0 Å². The molecule has 0 aromatic heterocycles. The molecule has 0 heterocycles. The summed E-state index contributed by atoms with van der Waals surface area (Å²) in [5.41, 5.74) is -1.08. The van der Waals surface area contributed by atoms with Crippen LogP contribution >= 0.6 is 0 Å². The molecule has 144 valence electrons. The Balaban J connectivity index is 2.01. The number of rotatable bonds is 6. The molecule has 5 heteroatoms. The second kappa shape index (κ2) is 7.09. The van der Waals surface area contributed by atoms with Crippen LogP contribution in [0.1, 0.15) is 82.5 Å². The Hall–Kier alpha value is -1.78. The third-order valence-electron chi connectivity index (χ3n) is 6.07. The van der Waals surface area contributed by atoms with Gasteiger partial charge in [-0.25, -0.2) is 4.39 Å². The first-order valence-electron chi connectivity index (χ1n) is 9.68. The van der Waals surface area contributed by atoms with E-state index in [0.29, 0.717) is 0 Å². The Morgan fingerprint density at radius 1 is 1.08 bits per heavy atom. The summed E-state index contributed by atoms with van der Waals surface area (Å²) in [6.45, 7) is 6.15. The van der Waals surface area contributed by atoms with E-state index in [0.717, 1.165) is 57.4 Å². The van der Waals surface area contributed by atoms with Crippen molar-refractivity contribution in [1.29, 1.82) is 0 Å². The maximum atomic E-state index is 14.8. The van der Waals surface area contributed by atoms with Gasteiger partial charge < -0.3 is 19.4 Å². The molecule has 2 saturated carbocycles. The Bertz CT molecular complexity index is 671. The van der Waals surface area contributed by atoms with Gasteiger partial charge in [0.25, 0.3) is 0 Å². The molecule has 4 nitrogen and oxygen atoms in total. The predicted octanol–water partition coefficient (Wildman–Crippen LogP) is 4.25. The topological polar surface area (TPSA) is 58.6 Å². The molecule has 0 bridgehead atoms. The second-order valence-electron chi connectivity index (χ2n) is 8.36. The standard InChI is InChI=1S/C21H29FO4/c1-14(2)21(10-6-7-11-21)25-17-13-15(19(23)24)12-16(22)18(17)26-20(3)8-4-5-9-20/h12-14H,4-11H2,1-3H3,(H,23,24)/p-1. The van der Waals surface area contributed by atoms with Crippen LogP contribution in [0.3, 0.4) is 0 Å². The van der Waals surface area contributed by atoms with Crippen LogP contribution in [-0.4, -0.2) is 17.2 Å². The van der Waals surface area contributed by atoms with E-state index in [1.54, 1.807) is 0 Å². The maximum Gasteiger partial charge on any atom is 0.197 e. The smallest absolute Gasteiger partial charge is 0.197 e. The molecule has 3 rings (SSSR count). The van der Waals surface area contributed by atoms with Gasteiger partial charge in [-0.15, -0.1) is 0 Å². The lowest BCUT2D eigenvalue weighted by atomic mass is 9.88. The molecule has 0 spiro atoms. The fourth-order valence-corrected chi connectivity index (χ4v) is 4.32. The van der Waals surface area contributed by atoms with Gasteiger partial charge in [0.1, 0.15) is 11.2 Å². The van der Waals surface area contributed by atoms with Gasteiger partial charge >= 0.3 is 0 Å². The van der Waals surface area contributed by atoms with E-state index >= 15 is 0 Å². The normalized spacial score (nSPS) is 21.1. The Morgan fingerprint density at radius 2 is 1.65 bits per heavy atom. The Morgan fingerprint density at radius 3 is 2.19 bits per heavy atom. The lowest BCUT2D eigenvalue weighted by molar-refractivity contribution is -0.255. The van der Waals surface area contributed by atoms with E-state index in [1.807, 2.05) is 6.92 Å². The molecule has 1 aromatic rings. The molecule has 0 atom stereocenters. The van der Waals surface area contributed by atoms with Crippen molar-refractivity contribution >= 4 is 5.97 Å².